The highest BCUT2D eigenvalue weighted by Gasteiger charge is 2.16. The third-order valence-corrected chi connectivity index (χ3v) is 4.52. The van der Waals surface area contributed by atoms with E-state index in [1.165, 1.54) is 0 Å². The summed E-state index contributed by atoms with van der Waals surface area (Å²) < 4.78 is 26.2. The zero-order valence-electron chi connectivity index (χ0n) is 10.6. The summed E-state index contributed by atoms with van der Waals surface area (Å²) in [7, 11) is -3.21. The average Bonchev–Trinajstić information content (AvgIpc) is 2.36. The summed E-state index contributed by atoms with van der Waals surface area (Å²) in [4.78, 5) is 0. The molecular weight excluding hydrogens is 270 g/mol. The maximum atomic E-state index is 11.8. The number of benzene rings is 1. The molecule has 1 rings (SSSR count). The average molecular weight is 290 g/mol. The number of rotatable bonds is 8. The van der Waals surface area contributed by atoms with Gasteiger partial charge < -0.3 is 0 Å². The maximum absolute atomic E-state index is 11.8. The van der Waals surface area contributed by atoms with Gasteiger partial charge in [-0.2, -0.15) is 0 Å². The molecule has 0 fully saturated rings. The van der Waals surface area contributed by atoms with Gasteiger partial charge in [-0.05, 0) is 18.4 Å². The molecular formula is C13H20ClNO2S. The molecule has 0 amide bonds. The molecule has 0 saturated carbocycles. The lowest BCUT2D eigenvalue weighted by Crippen LogP contribution is -2.39. The van der Waals surface area contributed by atoms with Crippen LogP contribution >= 0.6 is 11.6 Å². The van der Waals surface area contributed by atoms with Crippen LogP contribution in [-0.2, 0) is 16.4 Å². The van der Waals surface area contributed by atoms with Crippen LogP contribution in [0.4, 0.5) is 0 Å². The van der Waals surface area contributed by atoms with Gasteiger partial charge in [0, 0.05) is 11.9 Å². The Morgan fingerprint density at radius 3 is 2.50 bits per heavy atom. The van der Waals surface area contributed by atoms with Crippen LogP contribution in [0.15, 0.2) is 30.3 Å². The summed E-state index contributed by atoms with van der Waals surface area (Å²) in [6.07, 6.45) is 2.16. The SMILES string of the molecule is CCCCS(=O)(=O)NC(CCl)Cc1ccccc1. The van der Waals surface area contributed by atoms with Crippen LogP contribution in [0.1, 0.15) is 25.3 Å². The molecule has 0 spiro atoms. The van der Waals surface area contributed by atoms with Crippen LogP contribution in [0.5, 0.6) is 0 Å². The number of nitrogens with one attached hydrogen (secondary N) is 1. The number of halogens is 1. The molecule has 0 aliphatic heterocycles. The molecule has 0 radical (unpaired) electrons. The van der Waals surface area contributed by atoms with E-state index in [9.17, 15) is 8.42 Å². The first-order chi connectivity index (χ1) is 8.57. The van der Waals surface area contributed by atoms with E-state index < -0.39 is 10.0 Å². The van der Waals surface area contributed by atoms with Gasteiger partial charge in [-0.25, -0.2) is 13.1 Å². The highest BCUT2D eigenvalue weighted by Crippen LogP contribution is 2.06. The Bertz CT molecular complexity index is 434. The zero-order valence-corrected chi connectivity index (χ0v) is 12.2. The Hall–Kier alpha value is -0.580. The quantitative estimate of drug-likeness (QED) is 0.748. The van der Waals surface area contributed by atoms with Crippen LogP contribution in [0.25, 0.3) is 0 Å². The minimum absolute atomic E-state index is 0.172. The summed E-state index contributed by atoms with van der Waals surface area (Å²) in [5.74, 6) is 0.450. The lowest BCUT2D eigenvalue weighted by molar-refractivity contribution is 0.558. The molecule has 5 heteroatoms. The Kier molecular flexibility index (Phi) is 6.68. The van der Waals surface area contributed by atoms with Gasteiger partial charge in [0.05, 0.1) is 5.75 Å². The number of hydrogen-bond acceptors (Lipinski definition) is 2. The van der Waals surface area contributed by atoms with Crippen molar-refractivity contribution in [3.63, 3.8) is 0 Å². The largest absolute Gasteiger partial charge is 0.212 e. The van der Waals surface area contributed by atoms with E-state index in [4.69, 9.17) is 11.6 Å². The van der Waals surface area contributed by atoms with Gasteiger partial charge in [-0.15, -0.1) is 11.6 Å². The fourth-order valence-corrected chi connectivity index (χ4v) is 3.41. The van der Waals surface area contributed by atoms with Gasteiger partial charge in [0.2, 0.25) is 10.0 Å². The molecule has 0 saturated heterocycles. The van der Waals surface area contributed by atoms with E-state index in [1.807, 2.05) is 37.3 Å². The molecule has 0 aliphatic carbocycles. The van der Waals surface area contributed by atoms with E-state index in [2.05, 4.69) is 4.72 Å². The first-order valence-corrected chi connectivity index (χ1v) is 8.36. The third-order valence-electron chi connectivity index (χ3n) is 2.62. The van der Waals surface area contributed by atoms with Crippen LogP contribution in [0.2, 0.25) is 0 Å². The molecule has 1 N–H and O–H groups in total. The number of unbranched alkanes of at least 4 members (excludes halogenated alkanes) is 1. The molecule has 1 unspecified atom stereocenters. The molecule has 0 aliphatic rings. The van der Waals surface area contributed by atoms with Crippen LogP contribution in [-0.4, -0.2) is 26.1 Å². The van der Waals surface area contributed by atoms with Crippen LogP contribution in [0, 0.1) is 0 Å². The topological polar surface area (TPSA) is 46.2 Å². The fourth-order valence-electron chi connectivity index (χ4n) is 1.67. The highest BCUT2D eigenvalue weighted by atomic mass is 35.5. The van der Waals surface area contributed by atoms with E-state index in [-0.39, 0.29) is 17.7 Å². The second kappa shape index (κ2) is 7.77. The van der Waals surface area contributed by atoms with Crippen molar-refractivity contribution < 1.29 is 8.42 Å². The Morgan fingerprint density at radius 2 is 1.94 bits per heavy atom. The lowest BCUT2D eigenvalue weighted by atomic mass is 10.1. The van der Waals surface area contributed by atoms with Gasteiger partial charge in [-0.3, -0.25) is 0 Å². The van der Waals surface area contributed by atoms with E-state index >= 15 is 0 Å². The molecule has 1 aromatic carbocycles. The fraction of sp³-hybridized carbons (Fsp3) is 0.538. The van der Waals surface area contributed by atoms with Gasteiger partial charge >= 0.3 is 0 Å². The normalized spacial score (nSPS) is 13.4. The zero-order chi connectivity index (χ0) is 13.4. The predicted octanol–water partition coefficient (Wildman–Crippen LogP) is 2.56. The van der Waals surface area contributed by atoms with Crippen molar-refractivity contribution in [1.29, 1.82) is 0 Å². The van der Waals surface area contributed by atoms with Gasteiger partial charge in [0.1, 0.15) is 0 Å². The summed E-state index contributed by atoms with van der Waals surface area (Å²) >= 11 is 5.83. The van der Waals surface area contributed by atoms with Crippen LogP contribution in [0.3, 0.4) is 0 Å². The van der Waals surface area contributed by atoms with Crippen molar-refractivity contribution in [3.05, 3.63) is 35.9 Å². The molecule has 1 aromatic rings. The number of alkyl halides is 1. The molecule has 3 nitrogen and oxygen atoms in total. The van der Waals surface area contributed by atoms with Gasteiger partial charge in [0.15, 0.2) is 0 Å². The monoisotopic (exact) mass is 289 g/mol. The second-order valence-corrected chi connectivity index (χ2v) is 6.51. The standard InChI is InChI=1S/C13H20ClNO2S/c1-2-3-9-18(16,17)15-13(11-14)10-12-7-5-4-6-8-12/h4-8,13,15H,2-3,9-11H2,1H3. The van der Waals surface area contributed by atoms with Crippen molar-refractivity contribution in [2.45, 2.75) is 32.2 Å². The summed E-state index contributed by atoms with van der Waals surface area (Å²) in [6, 6.07) is 9.51. The van der Waals surface area contributed by atoms with Gasteiger partial charge in [0.25, 0.3) is 0 Å². The third kappa shape index (κ3) is 5.85. The van der Waals surface area contributed by atoms with Gasteiger partial charge in [-0.1, -0.05) is 43.7 Å². The van der Waals surface area contributed by atoms with Crippen molar-refractivity contribution in [3.8, 4) is 0 Å². The van der Waals surface area contributed by atoms with Crippen molar-refractivity contribution in [2.75, 3.05) is 11.6 Å². The smallest absolute Gasteiger partial charge is 0.211 e. The Labute approximate surface area is 115 Å². The lowest BCUT2D eigenvalue weighted by Gasteiger charge is -2.16. The minimum atomic E-state index is -3.21. The van der Waals surface area contributed by atoms with Crippen molar-refractivity contribution >= 4 is 21.6 Å². The van der Waals surface area contributed by atoms with E-state index in [1.54, 1.807) is 0 Å². The van der Waals surface area contributed by atoms with Crippen LogP contribution < -0.4 is 4.72 Å². The molecule has 0 heterocycles. The molecule has 0 bridgehead atoms. The first-order valence-electron chi connectivity index (χ1n) is 6.17. The summed E-state index contributed by atoms with van der Waals surface area (Å²) in [6.45, 7) is 1.97. The Balaban J connectivity index is 2.57. The van der Waals surface area contributed by atoms with E-state index in [0.717, 1.165) is 12.0 Å². The molecule has 0 aromatic heterocycles. The minimum Gasteiger partial charge on any atom is -0.212 e. The second-order valence-electron chi connectivity index (χ2n) is 4.33. The first kappa shape index (κ1) is 15.5. The van der Waals surface area contributed by atoms with Crippen molar-refractivity contribution in [2.24, 2.45) is 0 Å². The number of sulfonamides is 1. The Morgan fingerprint density at radius 1 is 1.28 bits per heavy atom. The maximum Gasteiger partial charge on any atom is 0.211 e. The molecule has 18 heavy (non-hydrogen) atoms. The summed E-state index contributed by atoms with van der Waals surface area (Å²) in [5, 5.41) is 0. The highest BCUT2D eigenvalue weighted by molar-refractivity contribution is 7.89. The van der Waals surface area contributed by atoms with Crippen molar-refractivity contribution in [1.82, 2.24) is 4.72 Å². The number of hydrogen-bond donors (Lipinski definition) is 1. The molecule has 1 atom stereocenters. The predicted molar refractivity (Wildman–Crippen MR) is 76.5 cm³/mol. The van der Waals surface area contributed by atoms with E-state index in [0.29, 0.717) is 12.8 Å². The molecule has 102 valence electrons. The summed E-state index contributed by atoms with van der Waals surface area (Å²) in [5.41, 5.74) is 1.08.